The molecule has 2 heterocycles. The molecule has 1 unspecified atom stereocenters. The Bertz CT molecular complexity index is 1070. The molecule has 2 aromatic carbocycles. The van der Waals surface area contributed by atoms with Crippen LogP contribution in [0.15, 0.2) is 53.1 Å². The third kappa shape index (κ3) is 4.10. The zero-order valence-electron chi connectivity index (χ0n) is 17.3. The molecule has 0 saturated carbocycles. The van der Waals surface area contributed by atoms with Crippen molar-refractivity contribution in [3.05, 3.63) is 65.5 Å². The molecule has 7 nitrogen and oxygen atoms in total. The lowest BCUT2D eigenvalue weighted by Gasteiger charge is -2.16. The second-order valence-electron chi connectivity index (χ2n) is 7.91. The van der Waals surface area contributed by atoms with Gasteiger partial charge in [0, 0.05) is 35.8 Å². The van der Waals surface area contributed by atoms with Gasteiger partial charge in [-0.2, -0.15) is 4.98 Å². The highest BCUT2D eigenvalue weighted by atomic mass is 16.5. The van der Waals surface area contributed by atoms with Crippen LogP contribution in [0.3, 0.4) is 0 Å². The van der Waals surface area contributed by atoms with Crippen molar-refractivity contribution in [1.82, 2.24) is 15.5 Å². The summed E-state index contributed by atoms with van der Waals surface area (Å²) >= 11 is 0. The Kier molecular flexibility index (Phi) is 5.35. The summed E-state index contributed by atoms with van der Waals surface area (Å²) in [5.41, 5.74) is 3.25. The minimum Gasteiger partial charge on any atom is -0.350 e. The minimum absolute atomic E-state index is 0.0379. The van der Waals surface area contributed by atoms with E-state index in [-0.39, 0.29) is 23.8 Å². The van der Waals surface area contributed by atoms with Crippen molar-refractivity contribution in [2.45, 2.75) is 39.2 Å². The van der Waals surface area contributed by atoms with Crippen LogP contribution in [0.4, 0.5) is 5.69 Å². The van der Waals surface area contributed by atoms with E-state index in [2.05, 4.69) is 15.5 Å². The number of aromatic nitrogens is 2. The number of nitrogens with zero attached hydrogens (tertiary/aromatic N) is 3. The van der Waals surface area contributed by atoms with Crippen LogP contribution >= 0.6 is 0 Å². The van der Waals surface area contributed by atoms with E-state index in [1.54, 1.807) is 23.1 Å². The molecule has 1 saturated heterocycles. The summed E-state index contributed by atoms with van der Waals surface area (Å²) in [5.74, 6) is 0.574. The summed E-state index contributed by atoms with van der Waals surface area (Å²) in [4.78, 5) is 31.0. The number of nitrogens with one attached hydrogen (secondary N) is 1. The smallest absolute Gasteiger partial charge is 0.251 e. The van der Waals surface area contributed by atoms with Crippen LogP contribution in [0, 0.1) is 6.92 Å². The van der Waals surface area contributed by atoms with Gasteiger partial charge in [0.05, 0.1) is 5.92 Å². The Labute approximate surface area is 175 Å². The minimum atomic E-state index is -0.160. The van der Waals surface area contributed by atoms with Crippen LogP contribution in [0.1, 0.15) is 48.0 Å². The third-order valence-corrected chi connectivity index (χ3v) is 5.06. The Morgan fingerprint density at radius 3 is 2.70 bits per heavy atom. The molecule has 154 valence electrons. The van der Waals surface area contributed by atoms with E-state index >= 15 is 0 Å². The zero-order chi connectivity index (χ0) is 21.3. The van der Waals surface area contributed by atoms with Gasteiger partial charge in [0.1, 0.15) is 0 Å². The second-order valence-corrected chi connectivity index (χ2v) is 7.91. The number of benzene rings is 2. The summed E-state index contributed by atoms with van der Waals surface area (Å²) in [6.07, 6.45) is 0.326. The van der Waals surface area contributed by atoms with E-state index in [0.717, 1.165) is 11.3 Å². The van der Waals surface area contributed by atoms with Gasteiger partial charge in [-0.05, 0) is 45.0 Å². The first-order chi connectivity index (χ1) is 14.4. The molecule has 1 atom stereocenters. The van der Waals surface area contributed by atoms with E-state index in [1.165, 1.54) is 0 Å². The SMILES string of the molecule is Cc1ccc(N2CC(c3nc(-c4cccc(C(=O)NC(C)C)c4)no3)CC2=O)cc1. The number of carbonyl (C=O) groups is 2. The highest BCUT2D eigenvalue weighted by molar-refractivity contribution is 5.96. The number of hydrogen-bond donors (Lipinski definition) is 1. The molecular formula is C23H24N4O3. The summed E-state index contributed by atoms with van der Waals surface area (Å²) in [6.45, 7) is 6.34. The second kappa shape index (κ2) is 8.10. The fraction of sp³-hybridized carbons (Fsp3) is 0.304. The van der Waals surface area contributed by atoms with Crippen LogP contribution in [-0.4, -0.2) is 34.5 Å². The van der Waals surface area contributed by atoms with Gasteiger partial charge in [-0.1, -0.05) is 35.0 Å². The predicted octanol–water partition coefficient (Wildman–Crippen LogP) is 3.70. The van der Waals surface area contributed by atoms with Gasteiger partial charge in [0.2, 0.25) is 17.6 Å². The zero-order valence-corrected chi connectivity index (χ0v) is 17.3. The van der Waals surface area contributed by atoms with Crippen LogP contribution < -0.4 is 10.2 Å². The molecule has 0 spiro atoms. The lowest BCUT2D eigenvalue weighted by atomic mass is 10.1. The van der Waals surface area contributed by atoms with Crippen molar-refractivity contribution < 1.29 is 14.1 Å². The highest BCUT2D eigenvalue weighted by Crippen LogP contribution is 2.32. The fourth-order valence-corrected chi connectivity index (χ4v) is 3.51. The van der Waals surface area contributed by atoms with E-state index in [1.807, 2.05) is 51.1 Å². The molecule has 1 fully saturated rings. The third-order valence-electron chi connectivity index (χ3n) is 5.06. The van der Waals surface area contributed by atoms with Gasteiger partial charge in [0.25, 0.3) is 5.91 Å². The molecule has 7 heteroatoms. The standard InChI is InChI=1S/C23H24N4O3/c1-14(2)24-22(29)17-6-4-5-16(11-17)21-25-23(30-26-21)18-12-20(28)27(13-18)19-9-7-15(3)8-10-19/h4-11,14,18H,12-13H2,1-3H3,(H,24,29). The number of aryl methyl sites for hydroxylation is 1. The summed E-state index contributed by atoms with van der Waals surface area (Å²) in [6, 6.07) is 15.0. The molecule has 1 aromatic heterocycles. The molecule has 1 aliphatic rings. The maximum absolute atomic E-state index is 12.5. The first-order valence-electron chi connectivity index (χ1n) is 10.0. The Morgan fingerprint density at radius 2 is 1.97 bits per heavy atom. The van der Waals surface area contributed by atoms with E-state index in [9.17, 15) is 9.59 Å². The van der Waals surface area contributed by atoms with Crippen LogP contribution in [0.5, 0.6) is 0 Å². The van der Waals surface area contributed by atoms with Crippen molar-refractivity contribution in [3.8, 4) is 11.4 Å². The van der Waals surface area contributed by atoms with Gasteiger partial charge >= 0.3 is 0 Å². The van der Waals surface area contributed by atoms with Crippen molar-refractivity contribution in [2.75, 3.05) is 11.4 Å². The maximum Gasteiger partial charge on any atom is 0.251 e. The lowest BCUT2D eigenvalue weighted by molar-refractivity contribution is -0.117. The molecular weight excluding hydrogens is 380 g/mol. The molecule has 2 amide bonds. The molecule has 30 heavy (non-hydrogen) atoms. The van der Waals surface area contributed by atoms with Gasteiger partial charge in [-0.25, -0.2) is 0 Å². The molecule has 0 bridgehead atoms. The molecule has 1 aliphatic heterocycles. The van der Waals surface area contributed by atoms with Crippen molar-refractivity contribution >= 4 is 17.5 Å². The predicted molar refractivity (Wildman–Crippen MR) is 113 cm³/mol. The first-order valence-corrected chi connectivity index (χ1v) is 10.0. The van der Waals surface area contributed by atoms with Gasteiger partial charge in [-0.15, -0.1) is 0 Å². The van der Waals surface area contributed by atoms with E-state index < -0.39 is 0 Å². The lowest BCUT2D eigenvalue weighted by Crippen LogP contribution is -2.30. The molecule has 0 aliphatic carbocycles. The van der Waals surface area contributed by atoms with Crippen LogP contribution in [0.25, 0.3) is 11.4 Å². The van der Waals surface area contributed by atoms with Crippen LogP contribution in [-0.2, 0) is 4.79 Å². The quantitative estimate of drug-likeness (QED) is 0.700. The van der Waals surface area contributed by atoms with E-state index in [4.69, 9.17) is 4.52 Å². The molecule has 0 radical (unpaired) electrons. The van der Waals surface area contributed by atoms with Gasteiger partial charge in [-0.3, -0.25) is 9.59 Å². The molecule has 3 aromatic rings. The Balaban J connectivity index is 1.51. The largest absolute Gasteiger partial charge is 0.350 e. The monoisotopic (exact) mass is 404 g/mol. The summed E-state index contributed by atoms with van der Waals surface area (Å²) in [7, 11) is 0. The summed E-state index contributed by atoms with van der Waals surface area (Å²) < 4.78 is 5.48. The van der Waals surface area contributed by atoms with Gasteiger partial charge in [0.15, 0.2) is 0 Å². The van der Waals surface area contributed by atoms with E-state index in [0.29, 0.717) is 35.8 Å². The van der Waals surface area contributed by atoms with Gasteiger partial charge < -0.3 is 14.7 Å². The number of carbonyl (C=O) groups excluding carboxylic acids is 2. The maximum atomic E-state index is 12.5. The number of hydrogen-bond acceptors (Lipinski definition) is 5. The Hall–Kier alpha value is -3.48. The topological polar surface area (TPSA) is 88.3 Å². The van der Waals surface area contributed by atoms with Crippen molar-refractivity contribution in [3.63, 3.8) is 0 Å². The first kappa shape index (κ1) is 19.8. The number of rotatable bonds is 5. The average Bonchev–Trinajstić information content (AvgIpc) is 3.35. The average molecular weight is 404 g/mol. The molecule has 1 N–H and O–H groups in total. The highest BCUT2D eigenvalue weighted by Gasteiger charge is 2.35. The van der Waals surface area contributed by atoms with Crippen molar-refractivity contribution in [2.24, 2.45) is 0 Å². The molecule has 4 rings (SSSR count). The number of amides is 2. The normalized spacial score (nSPS) is 16.3. The number of anilines is 1. The van der Waals surface area contributed by atoms with Crippen molar-refractivity contribution in [1.29, 1.82) is 0 Å². The fourth-order valence-electron chi connectivity index (χ4n) is 3.51. The summed E-state index contributed by atoms with van der Waals surface area (Å²) in [5, 5.41) is 6.95. The Morgan fingerprint density at radius 1 is 1.20 bits per heavy atom. The van der Waals surface area contributed by atoms with Crippen LogP contribution in [0.2, 0.25) is 0 Å².